The molecule has 12 heavy (non-hydrogen) atoms. The summed E-state index contributed by atoms with van der Waals surface area (Å²) in [5.74, 6) is 2.22. The molecule has 72 valence electrons. The van der Waals surface area contributed by atoms with Crippen molar-refractivity contribution in [2.45, 2.75) is 25.2 Å². The largest absolute Gasteiger partial charge is 0.394 e. The van der Waals surface area contributed by atoms with Crippen LogP contribution in [0.1, 0.15) is 6.92 Å². The van der Waals surface area contributed by atoms with Gasteiger partial charge in [0.1, 0.15) is 6.10 Å². The Hall–Kier alpha value is 0.0600. The molecule has 0 aromatic carbocycles. The van der Waals surface area contributed by atoms with Gasteiger partial charge >= 0.3 is 0 Å². The number of aliphatic hydroxyl groups is 4. The molecule has 0 saturated carbocycles. The molecule has 0 bridgehead atoms. The Labute approximate surface area is 76.2 Å². The van der Waals surface area contributed by atoms with Crippen molar-refractivity contribution < 1.29 is 20.4 Å². The molecule has 0 saturated heterocycles. The van der Waals surface area contributed by atoms with Crippen molar-refractivity contribution in [2.24, 2.45) is 0 Å². The summed E-state index contributed by atoms with van der Waals surface area (Å²) in [7, 11) is 0. The van der Waals surface area contributed by atoms with Crippen LogP contribution >= 0.6 is 11.8 Å². The van der Waals surface area contributed by atoms with Crippen LogP contribution < -0.4 is 0 Å². The molecule has 0 aliphatic heterocycles. The van der Waals surface area contributed by atoms with Gasteiger partial charge in [0, 0.05) is 5.75 Å². The van der Waals surface area contributed by atoms with Gasteiger partial charge in [0.2, 0.25) is 6.10 Å². The smallest absolute Gasteiger partial charge is 0.236 e. The van der Waals surface area contributed by atoms with E-state index >= 15 is 0 Å². The summed E-state index contributed by atoms with van der Waals surface area (Å²) in [5.41, 5.74) is 0. The van der Waals surface area contributed by atoms with Crippen LogP contribution in [0.3, 0.4) is 0 Å². The molecule has 0 fully saturated rings. The zero-order chi connectivity index (χ0) is 9.56. The van der Waals surface area contributed by atoms with E-state index in [4.69, 9.17) is 20.4 Å². The Morgan fingerprint density at radius 2 is 1.92 bits per heavy atom. The second-order valence-corrected chi connectivity index (χ2v) is 3.51. The highest BCUT2D eigenvalue weighted by Crippen LogP contribution is 2.12. The van der Waals surface area contributed by atoms with Gasteiger partial charge in [-0.15, -0.1) is 0 Å². The molecule has 0 spiro atoms. The summed E-state index contributed by atoms with van der Waals surface area (Å²) in [6.07, 6.45) is -3.69. The van der Waals surface area contributed by atoms with Crippen LogP contribution in [0.4, 0.5) is 0 Å². The predicted molar refractivity (Wildman–Crippen MR) is 47.5 cm³/mol. The number of hydrogen-bond donors (Lipinski definition) is 4. The molecule has 0 aliphatic rings. The van der Waals surface area contributed by atoms with Crippen LogP contribution in [0.15, 0.2) is 0 Å². The highest BCUT2D eigenvalue weighted by Gasteiger charge is 2.30. The lowest BCUT2D eigenvalue weighted by Gasteiger charge is -2.15. The Morgan fingerprint density at radius 1 is 1.33 bits per heavy atom. The molecule has 0 heterocycles. The van der Waals surface area contributed by atoms with Crippen LogP contribution in [0.2, 0.25) is 0 Å². The van der Waals surface area contributed by atoms with E-state index in [1.165, 1.54) is 17.5 Å². The first kappa shape index (κ1) is 12.1. The van der Waals surface area contributed by atoms with Crippen molar-refractivity contribution in [3.63, 3.8) is 0 Å². The summed E-state index contributed by atoms with van der Waals surface area (Å²) >= 11 is 1.34. The van der Waals surface area contributed by atoms with Gasteiger partial charge in [-0.3, -0.25) is 0 Å². The third-order valence-corrected chi connectivity index (χ3v) is 2.14. The molecule has 0 unspecified atom stereocenters. The molecule has 0 aromatic rings. The molecule has 3 atom stereocenters. The van der Waals surface area contributed by atoms with E-state index in [0.29, 0.717) is 0 Å². The Bertz CT molecular complexity index is 112. The standard InChI is InChI=1S/C7H15O4S/c1-2-12-4-6(10)7(11)5(9)3-8/h4-11H,2-3H2,1H3/q+1/t5-,6+,7-/m1/s1. The normalized spacial score (nSPS) is 18.4. The molecule has 5 heteroatoms. The highest BCUT2D eigenvalue weighted by molar-refractivity contribution is 8.01. The molecule has 0 radical (unpaired) electrons. The van der Waals surface area contributed by atoms with Crippen LogP contribution in [-0.4, -0.2) is 51.1 Å². The molecular formula is C7H15O4S+. The Morgan fingerprint density at radius 3 is 2.33 bits per heavy atom. The van der Waals surface area contributed by atoms with E-state index in [1.54, 1.807) is 0 Å². The zero-order valence-electron chi connectivity index (χ0n) is 6.92. The minimum Gasteiger partial charge on any atom is -0.394 e. The Kier molecular flexibility index (Phi) is 6.60. The minimum absolute atomic E-state index is 0.553. The summed E-state index contributed by atoms with van der Waals surface area (Å²) in [6, 6.07) is 0. The maximum atomic E-state index is 9.15. The third kappa shape index (κ3) is 4.18. The first-order valence-electron chi connectivity index (χ1n) is 3.73. The molecule has 0 aromatic heterocycles. The van der Waals surface area contributed by atoms with Crippen molar-refractivity contribution in [3.05, 3.63) is 5.75 Å². The van der Waals surface area contributed by atoms with Gasteiger partial charge in [-0.05, 0) is 0 Å². The van der Waals surface area contributed by atoms with Gasteiger partial charge in [0.25, 0.3) is 0 Å². The second-order valence-electron chi connectivity index (χ2n) is 2.32. The number of aliphatic hydroxyl groups excluding tert-OH is 4. The zero-order valence-corrected chi connectivity index (χ0v) is 7.74. The maximum absolute atomic E-state index is 9.15. The minimum atomic E-state index is -1.31. The summed E-state index contributed by atoms with van der Waals surface area (Å²) in [6.45, 7) is 1.35. The topological polar surface area (TPSA) is 80.9 Å². The fraction of sp³-hybridized carbons (Fsp3) is 0.857. The van der Waals surface area contributed by atoms with Gasteiger partial charge in [0.05, 0.1) is 18.4 Å². The van der Waals surface area contributed by atoms with Gasteiger partial charge in [0.15, 0.2) is 11.9 Å². The monoisotopic (exact) mass is 195 g/mol. The van der Waals surface area contributed by atoms with Gasteiger partial charge in [-0.2, -0.15) is 0 Å². The van der Waals surface area contributed by atoms with E-state index in [0.717, 1.165) is 5.75 Å². The second kappa shape index (κ2) is 6.56. The molecule has 4 N–H and O–H groups in total. The molecule has 0 rings (SSSR count). The van der Waals surface area contributed by atoms with E-state index in [1.807, 2.05) is 6.92 Å². The van der Waals surface area contributed by atoms with Gasteiger partial charge in [-0.25, -0.2) is 0 Å². The average Bonchev–Trinajstić information content (AvgIpc) is 2.11. The van der Waals surface area contributed by atoms with Crippen molar-refractivity contribution in [2.75, 3.05) is 12.4 Å². The van der Waals surface area contributed by atoms with Crippen molar-refractivity contribution in [3.8, 4) is 0 Å². The quantitative estimate of drug-likeness (QED) is 0.408. The van der Waals surface area contributed by atoms with E-state index < -0.39 is 24.9 Å². The van der Waals surface area contributed by atoms with Crippen molar-refractivity contribution >= 4 is 11.8 Å². The van der Waals surface area contributed by atoms with Gasteiger partial charge < -0.3 is 20.4 Å². The molecular weight excluding hydrogens is 180 g/mol. The average molecular weight is 195 g/mol. The lowest BCUT2D eigenvalue weighted by molar-refractivity contribution is -0.0631. The van der Waals surface area contributed by atoms with E-state index in [-0.39, 0.29) is 0 Å². The first-order chi connectivity index (χ1) is 5.63. The fourth-order valence-electron chi connectivity index (χ4n) is 0.611. The third-order valence-electron chi connectivity index (χ3n) is 1.33. The Balaban J connectivity index is 3.67. The van der Waals surface area contributed by atoms with Crippen LogP contribution in [0, 0.1) is 5.75 Å². The predicted octanol–water partition coefficient (Wildman–Crippen LogP) is -1.02. The number of hydrogen-bond acceptors (Lipinski definition) is 5. The summed E-state index contributed by atoms with van der Waals surface area (Å²) in [4.78, 5) is 0. The van der Waals surface area contributed by atoms with Gasteiger partial charge in [-0.1, -0.05) is 6.92 Å². The lowest BCUT2D eigenvalue weighted by atomic mass is 10.1. The van der Waals surface area contributed by atoms with Crippen molar-refractivity contribution in [1.82, 2.24) is 0 Å². The van der Waals surface area contributed by atoms with E-state index in [9.17, 15) is 0 Å². The van der Waals surface area contributed by atoms with Crippen LogP contribution in [0.25, 0.3) is 0 Å². The SMILES string of the molecule is CCS[CH+][C@H](O)[C@H](O)[C@H](O)CO. The maximum Gasteiger partial charge on any atom is 0.236 e. The first-order valence-corrected chi connectivity index (χ1v) is 4.78. The van der Waals surface area contributed by atoms with Crippen LogP contribution in [-0.2, 0) is 0 Å². The number of rotatable bonds is 6. The molecule has 0 amide bonds. The molecule has 4 nitrogen and oxygen atoms in total. The molecule has 0 aliphatic carbocycles. The highest BCUT2D eigenvalue weighted by atomic mass is 32.2. The lowest BCUT2D eigenvalue weighted by Crippen LogP contribution is -2.39. The van der Waals surface area contributed by atoms with Crippen molar-refractivity contribution in [1.29, 1.82) is 0 Å². The number of thioether (sulfide) groups is 1. The summed E-state index contributed by atoms with van der Waals surface area (Å²) in [5, 5.41) is 35.6. The van der Waals surface area contributed by atoms with Crippen LogP contribution in [0.5, 0.6) is 0 Å². The summed E-state index contributed by atoms with van der Waals surface area (Å²) < 4.78 is 0. The van der Waals surface area contributed by atoms with E-state index in [2.05, 4.69) is 0 Å². The fourth-order valence-corrected chi connectivity index (χ4v) is 1.16.